The Morgan fingerprint density at radius 2 is 1.86 bits per heavy atom. The molecule has 21 heavy (non-hydrogen) atoms. The Labute approximate surface area is 129 Å². The summed E-state index contributed by atoms with van der Waals surface area (Å²) in [5, 5.41) is 0.721. The molecule has 0 fully saturated rings. The fraction of sp³-hybridized carbons (Fsp3) is 0.235. The smallest absolute Gasteiger partial charge is 0.256 e. The average molecular weight is 302 g/mol. The van der Waals surface area contributed by atoms with Crippen molar-refractivity contribution in [2.45, 2.75) is 12.6 Å². The van der Waals surface area contributed by atoms with Crippen molar-refractivity contribution in [2.24, 2.45) is 0 Å². The standard InChI is InChI=1S/C17H16ClNO2/c1-21-17-15-5-3-2-4-14(15)16(20)19(17)11-10-12-6-8-13(18)9-7-12/h2-9,17H,10-11H2,1H3/t17-/m0/s1. The Balaban J connectivity index is 1.77. The van der Waals surface area contributed by atoms with Crippen LogP contribution in [0.5, 0.6) is 0 Å². The summed E-state index contributed by atoms with van der Waals surface area (Å²) in [6, 6.07) is 15.3. The molecule has 1 heterocycles. The third-order valence-corrected chi connectivity index (χ3v) is 4.03. The number of carbonyl (C=O) groups excluding carboxylic acids is 1. The Kier molecular flexibility index (Phi) is 3.95. The molecule has 0 saturated carbocycles. The molecule has 0 saturated heterocycles. The van der Waals surface area contributed by atoms with Gasteiger partial charge in [0.05, 0.1) is 0 Å². The van der Waals surface area contributed by atoms with Crippen LogP contribution in [0.3, 0.4) is 0 Å². The average Bonchev–Trinajstić information content (AvgIpc) is 2.79. The van der Waals surface area contributed by atoms with Crippen molar-refractivity contribution in [3.05, 3.63) is 70.2 Å². The summed E-state index contributed by atoms with van der Waals surface area (Å²) in [6.45, 7) is 0.619. The Bertz CT molecular complexity index is 654. The summed E-state index contributed by atoms with van der Waals surface area (Å²) < 4.78 is 5.51. The number of carbonyl (C=O) groups is 1. The van der Waals surface area contributed by atoms with Crippen molar-refractivity contribution < 1.29 is 9.53 Å². The van der Waals surface area contributed by atoms with Gasteiger partial charge >= 0.3 is 0 Å². The van der Waals surface area contributed by atoms with Gasteiger partial charge in [0.2, 0.25) is 0 Å². The lowest BCUT2D eigenvalue weighted by Gasteiger charge is -2.24. The lowest BCUT2D eigenvalue weighted by atomic mass is 10.1. The van der Waals surface area contributed by atoms with Crippen LogP contribution in [-0.4, -0.2) is 24.5 Å². The van der Waals surface area contributed by atoms with Crippen LogP contribution < -0.4 is 0 Å². The summed E-state index contributed by atoms with van der Waals surface area (Å²) in [6.07, 6.45) is 0.484. The normalized spacial score (nSPS) is 17.1. The van der Waals surface area contributed by atoms with E-state index >= 15 is 0 Å². The lowest BCUT2D eigenvalue weighted by molar-refractivity contribution is -0.0119. The van der Waals surface area contributed by atoms with Crippen LogP contribution in [0, 0.1) is 0 Å². The molecule has 0 radical (unpaired) electrons. The monoisotopic (exact) mass is 301 g/mol. The number of fused-ring (bicyclic) bond motifs is 1. The molecule has 0 aliphatic carbocycles. The zero-order valence-electron chi connectivity index (χ0n) is 11.8. The fourth-order valence-corrected chi connectivity index (χ4v) is 2.84. The van der Waals surface area contributed by atoms with Crippen molar-refractivity contribution in [1.29, 1.82) is 0 Å². The predicted molar refractivity (Wildman–Crippen MR) is 82.4 cm³/mol. The van der Waals surface area contributed by atoms with E-state index < -0.39 is 0 Å². The summed E-state index contributed by atoms with van der Waals surface area (Å²) in [5.41, 5.74) is 2.83. The zero-order valence-corrected chi connectivity index (χ0v) is 12.5. The second-order valence-electron chi connectivity index (χ2n) is 5.05. The van der Waals surface area contributed by atoms with Gasteiger partial charge in [0.25, 0.3) is 5.91 Å². The first-order valence-corrected chi connectivity index (χ1v) is 7.25. The van der Waals surface area contributed by atoms with Gasteiger partial charge in [-0.15, -0.1) is 0 Å². The number of ether oxygens (including phenoxy) is 1. The zero-order chi connectivity index (χ0) is 14.8. The van der Waals surface area contributed by atoms with E-state index in [0.717, 1.165) is 28.1 Å². The lowest BCUT2D eigenvalue weighted by Crippen LogP contribution is -2.31. The van der Waals surface area contributed by atoms with Crippen molar-refractivity contribution in [1.82, 2.24) is 4.90 Å². The molecule has 2 aromatic rings. The van der Waals surface area contributed by atoms with E-state index in [4.69, 9.17) is 16.3 Å². The van der Waals surface area contributed by atoms with Crippen molar-refractivity contribution in [3.8, 4) is 0 Å². The molecular weight excluding hydrogens is 286 g/mol. The van der Waals surface area contributed by atoms with E-state index in [1.165, 1.54) is 0 Å². The first-order chi connectivity index (χ1) is 10.2. The number of amides is 1. The third-order valence-electron chi connectivity index (χ3n) is 3.78. The predicted octanol–water partition coefficient (Wildman–Crippen LogP) is 3.68. The minimum absolute atomic E-state index is 0.0337. The highest BCUT2D eigenvalue weighted by Gasteiger charge is 2.35. The molecule has 4 heteroatoms. The number of nitrogens with zero attached hydrogens (tertiary/aromatic N) is 1. The van der Waals surface area contributed by atoms with Gasteiger partial charge in [0, 0.05) is 29.8 Å². The first kappa shape index (κ1) is 14.1. The van der Waals surface area contributed by atoms with Gasteiger partial charge < -0.3 is 9.64 Å². The van der Waals surface area contributed by atoms with E-state index in [1.54, 1.807) is 12.0 Å². The molecule has 0 bridgehead atoms. The highest BCUT2D eigenvalue weighted by molar-refractivity contribution is 6.30. The van der Waals surface area contributed by atoms with Crippen LogP contribution in [-0.2, 0) is 11.2 Å². The summed E-state index contributed by atoms with van der Waals surface area (Å²) in [4.78, 5) is 14.2. The Morgan fingerprint density at radius 3 is 2.57 bits per heavy atom. The first-order valence-electron chi connectivity index (χ1n) is 6.88. The quantitative estimate of drug-likeness (QED) is 0.862. The van der Waals surface area contributed by atoms with E-state index in [-0.39, 0.29) is 12.1 Å². The van der Waals surface area contributed by atoms with Crippen molar-refractivity contribution >= 4 is 17.5 Å². The van der Waals surface area contributed by atoms with Crippen LogP contribution in [0.2, 0.25) is 5.02 Å². The summed E-state index contributed by atoms with van der Waals surface area (Å²) >= 11 is 5.88. The van der Waals surface area contributed by atoms with Gasteiger partial charge in [-0.3, -0.25) is 4.79 Å². The molecule has 0 N–H and O–H groups in total. The SMILES string of the molecule is CO[C@H]1c2ccccc2C(=O)N1CCc1ccc(Cl)cc1. The summed E-state index contributed by atoms with van der Waals surface area (Å²) in [5.74, 6) is 0.0337. The number of hydrogen-bond acceptors (Lipinski definition) is 2. The molecule has 108 valence electrons. The topological polar surface area (TPSA) is 29.5 Å². The van der Waals surface area contributed by atoms with Gasteiger partial charge in [0.15, 0.2) is 6.23 Å². The number of halogens is 1. The third kappa shape index (κ3) is 2.67. The van der Waals surface area contributed by atoms with Crippen LogP contribution >= 0.6 is 11.6 Å². The highest BCUT2D eigenvalue weighted by Crippen LogP contribution is 2.33. The molecular formula is C17H16ClNO2. The number of hydrogen-bond donors (Lipinski definition) is 0. The number of benzene rings is 2. The second-order valence-corrected chi connectivity index (χ2v) is 5.49. The van der Waals surface area contributed by atoms with Crippen LogP contribution in [0.1, 0.15) is 27.7 Å². The number of rotatable bonds is 4. The molecule has 1 atom stereocenters. The van der Waals surface area contributed by atoms with Gasteiger partial charge in [-0.05, 0) is 30.2 Å². The minimum atomic E-state index is -0.291. The molecule has 1 aliphatic rings. The Hall–Kier alpha value is -1.84. The molecule has 1 aliphatic heterocycles. The largest absolute Gasteiger partial charge is 0.357 e. The van der Waals surface area contributed by atoms with Crippen molar-refractivity contribution in [3.63, 3.8) is 0 Å². The van der Waals surface area contributed by atoms with Gasteiger partial charge in [-0.1, -0.05) is 41.9 Å². The van der Waals surface area contributed by atoms with Crippen LogP contribution in [0.15, 0.2) is 48.5 Å². The van der Waals surface area contributed by atoms with E-state index in [0.29, 0.717) is 6.54 Å². The second kappa shape index (κ2) is 5.88. The van der Waals surface area contributed by atoms with Gasteiger partial charge in [0.1, 0.15) is 0 Å². The molecule has 0 aromatic heterocycles. The van der Waals surface area contributed by atoms with Gasteiger partial charge in [-0.25, -0.2) is 0 Å². The van der Waals surface area contributed by atoms with E-state index in [1.807, 2.05) is 48.5 Å². The maximum atomic E-state index is 12.5. The molecule has 2 aromatic carbocycles. The maximum Gasteiger partial charge on any atom is 0.256 e. The number of methoxy groups -OCH3 is 1. The fourth-order valence-electron chi connectivity index (χ4n) is 2.71. The van der Waals surface area contributed by atoms with Crippen LogP contribution in [0.4, 0.5) is 0 Å². The molecule has 3 rings (SSSR count). The summed E-state index contributed by atoms with van der Waals surface area (Å²) in [7, 11) is 1.63. The molecule has 0 spiro atoms. The van der Waals surface area contributed by atoms with Gasteiger partial charge in [-0.2, -0.15) is 0 Å². The van der Waals surface area contributed by atoms with Crippen molar-refractivity contribution in [2.75, 3.05) is 13.7 Å². The molecule has 0 unspecified atom stereocenters. The van der Waals surface area contributed by atoms with E-state index in [2.05, 4.69) is 0 Å². The highest BCUT2D eigenvalue weighted by atomic mass is 35.5. The molecule has 1 amide bonds. The molecule has 3 nitrogen and oxygen atoms in total. The van der Waals surface area contributed by atoms with Crippen LogP contribution in [0.25, 0.3) is 0 Å². The maximum absolute atomic E-state index is 12.5. The van der Waals surface area contributed by atoms with E-state index in [9.17, 15) is 4.79 Å². The Morgan fingerprint density at radius 1 is 1.14 bits per heavy atom. The minimum Gasteiger partial charge on any atom is -0.357 e.